The molecule has 0 radical (unpaired) electrons. The quantitative estimate of drug-likeness (QED) is 0.641. The van der Waals surface area contributed by atoms with Crippen LogP contribution in [0.15, 0.2) is 5.38 Å². The SMILES string of the molecule is Cc1csc(C(=O)[O-])c1Cl. The van der Waals surface area contributed by atoms with Crippen molar-refractivity contribution in [3.8, 4) is 0 Å². The van der Waals surface area contributed by atoms with E-state index < -0.39 is 5.97 Å². The van der Waals surface area contributed by atoms with E-state index in [9.17, 15) is 9.90 Å². The van der Waals surface area contributed by atoms with Gasteiger partial charge >= 0.3 is 0 Å². The Hall–Kier alpha value is -0.540. The summed E-state index contributed by atoms with van der Waals surface area (Å²) in [5.41, 5.74) is 0.783. The van der Waals surface area contributed by atoms with Gasteiger partial charge in [0.25, 0.3) is 0 Å². The first-order valence-electron chi connectivity index (χ1n) is 2.58. The van der Waals surface area contributed by atoms with Crippen molar-refractivity contribution in [1.29, 1.82) is 0 Å². The molecule has 0 aliphatic heterocycles. The van der Waals surface area contributed by atoms with E-state index >= 15 is 0 Å². The molecule has 0 aliphatic rings. The minimum Gasteiger partial charge on any atom is -0.544 e. The summed E-state index contributed by atoms with van der Waals surface area (Å²) in [7, 11) is 0. The Morgan fingerprint density at radius 2 is 2.40 bits per heavy atom. The Morgan fingerprint density at radius 3 is 2.60 bits per heavy atom. The third-order valence-corrected chi connectivity index (χ3v) is 2.76. The van der Waals surface area contributed by atoms with Gasteiger partial charge in [0.1, 0.15) is 0 Å². The lowest BCUT2D eigenvalue weighted by molar-refractivity contribution is -0.254. The zero-order valence-corrected chi connectivity index (χ0v) is 6.75. The lowest BCUT2D eigenvalue weighted by atomic mass is 10.3. The zero-order valence-electron chi connectivity index (χ0n) is 5.18. The Balaban J connectivity index is 3.17. The van der Waals surface area contributed by atoms with Gasteiger partial charge in [-0.25, -0.2) is 0 Å². The van der Waals surface area contributed by atoms with E-state index in [1.165, 1.54) is 0 Å². The smallest absolute Gasteiger partial charge is 0.0830 e. The molecular formula is C6H4ClO2S-. The highest BCUT2D eigenvalue weighted by Crippen LogP contribution is 2.25. The summed E-state index contributed by atoms with van der Waals surface area (Å²) in [4.78, 5) is 10.4. The molecular weight excluding hydrogens is 172 g/mol. The van der Waals surface area contributed by atoms with Gasteiger partial charge in [-0.15, -0.1) is 11.3 Å². The van der Waals surface area contributed by atoms with Crippen molar-refractivity contribution in [3.05, 3.63) is 20.8 Å². The number of carboxylic acids is 1. The first-order valence-corrected chi connectivity index (χ1v) is 3.83. The molecule has 0 saturated carbocycles. The molecule has 54 valence electrons. The Labute approximate surface area is 67.1 Å². The molecule has 0 aromatic carbocycles. The Morgan fingerprint density at radius 1 is 1.80 bits per heavy atom. The molecule has 1 heterocycles. The molecule has 4 heteroatoms. The number of aromatic carboxylic acids is 1. The van der Waals surface area contributed by atoms with Crippen molar-refractivity contribution in [3.63, 3.8) is 0 Å². The van der Waals surface area contributed by atoms with Gasteiger partial charge in [0, 0.05) is 0 Å². The highest BCUT2D eigenvalue weighted by Gasteiger charge is 2.05. The van der Waals surface area contributed by atoms with E-state index in [0.29, 0.717) is 5.02 Å². The van der Waals surface area contributed by atoms with Crippen LogP contribution in [0.2, 0.25) is 5.02 Å². The average molecular weight is 176 g/mol. The van der Waals surface area contributed by atoms with E-state index in [0.717, 1.165) is 16.9 Å². The van der Waals surface area contributed by atoms with Crippen LogP contribution in [-0.2, 0) is 0 Å². The predicted molar refractivity (Wildman–Crippen MR) is 38.4 cm³/mol. The number of aryl methyl sites for hydroxylation is 1. The number of carbonyl (C=O) groups is 1. The lowest BCUT2D eigenvalue weighted by Crippen LogP contribution is -2.21. The molecule has 0 unspecified atom stereocenters. The molecule has 0 fully saturated rings. The van der Waals surface area contributed by atoms with Gasteiger partial charge in [0.05, 0.1) is 15.9 Å². The van der Waals surface area contributed by atoms with Crippen molar-refractivity contribution in [1.82, 2.24) is 0 Å². The van der Waals surface area contributed by atoms with Crippen molar-refractivity contribution < 1.29 is 9.90 Å². The number of thiophene rings is 1. The minimum absolute atomic E-state index is 0.110. The molecule has 0 bridgehead atoms. The summed E-state index contributed by atoms with van der Waals surface area (Å²) in [5, 5.41) is 12.2. The van der Waals surface area contributed by atoms with Crippen LogP contribution in [0.25, 0.3) is 0 Å². The predicted octanol–water partition coefficient (Wildman–Crippen LogP) is 1.07. The number of carbonyl (C=O) groups excluding carboxylic acids is 1. The molecule has 0 saturated heterocycles. The minimum atomic E-state index is -1.21. The third-order valence-electron chi connectivity index (χ3n) is 1.08. The molecule has 1 aromatic heterocycles. The van der Waals surface area contributed by atoms with Gasteiger partial charge in [-0.3, -0.25) is 0 Å². The number of rotatable bonds is 1. The molecule has 0 N–H and O–H groups in total. The summed E-state index contributed by atoms with van der Waals surface area (Å²) in [6.45, 7) is 1.76. The van der Waals surface area contributed by atoms with Gasteiger partial charge in [-0.1, -0.05) is 11.6 Å². The summed E-state index contributed by atoms with van der Waals surface area (Å²) in [6.07, 6.45) is 0. The van der Waals surface area contributed by atoms with Gasteiger partial charge in [0.2, 0.25) is 0 Å². The van der Waals surface area contributed by atoms with Crippen molar-refractivity contribution >= 4 is 28.9 Å². The number of hydrogen-bond acceptors (Lipinski definition) is 3. The van der Waals surface area contributed by atoms with E-state index in [4.69, 9.17) is 11.6 Å². The fourth-order valence-corrected chi connectivity index (χ4v) is 1.67. The summed E-state index contributed by atoms with van der Waals surface area (Å²) >= 11 is 6.68. The molecule has 0 aliphatic carbocycles. The van der Waals surface area contributed by atoms with Crippen LogP contribution in [0.4, 0.5) is 0 Å². The average Bonchev–Trinajstić information content (AvgIpc) is 2.14. The largest absolute Gasteiger partial charge is 0.544 e. The molecule has 0 atom stereocenters. The molecule has 0 amide bonds. The van der Waals surface area contributed by atoms with E-state index in [-0.39, 0.29) is 4.88 Å². The summed E-state index contributed by atoms with van der Waals surface area (Å²) in [6, 6.07) is 0. The highest BCUT2D eigenvalue weighted by molar-refractivity contribution is 7.12. The van der Waals surface area contributed by atoms with Crippen LogP contribution >= 0.6 is 22.9 Å². The van der Waals surface area contributed by atoms with Crippen LogP contribution < -0.4 is 5.11 Å². The van der Waals surface area contributed by atoms with Crippen LogP contribution in [-0.4, -0.2) is 5.97 Å². The van der Waals surface area contributed by atoms with E-state index in [1.807, 2.05) is 0 Å². The third kappa shape index (κ3) is 1.15. The maximum absolute atomic E-state index is 10.2. The summed E-state index contributed by atoms with van der Waals surface area (Å²) in [5.74, 6) is -1.21. The van der Waals surface area contributed by atoms with Crippen molar-refractivity contribution in [2.45, 2.75) is 6.92 Å². The van der Waals surface area contributed by atoms with E-state index in [2.05, 4.69) is 0 Å². The van der Waals surface area contributed by atoms with Crippen molar-refractivity contribution in [2.24, 2.45) is 0 Å². The first kappa shape index (κ1) is 7.57. The highest BCUT2D eigenvalue weighted by atomic mass is 35.5. The zero-order chi connectivity index (χ0) is 7.72. The van der Waals surface area contributed by atoms with Crippen molar-refractivity contribution in [2.75, 3.05) is 0 Å². The molecule has 2 nitrogen and oxygen atoms in total. The van der Waals surface area contributed by atoms with Gasteiger partial charge in [-0.2, -0.15) is 0 Å². The topological polar surface area (TPSA) is 40.1 Å². The normalized spacial score (nSPS) is 9.80. The lowest BCUT2D eigenvalue weighted by Gasteiger charge is -1.96. The second kappa shape index (κ2) is 2.60. The fourth-order valence-electron chi connectivity index (χ4n) is 0.568. The molecule has 1 aromatic rings. The van der Waals surface area contributed by atoms with Gasteiger partial charge < -0.3 is 9.90 Å². The van der Waals surface area contributed by atoms with Crippen LogP contribution in [0.5, 0.6) is 0 Å². The fraction of sp³-hybridized carbons (Fsp3) is 0.167. The summed E-state index contributed by atoms with van der Waals surface area (Å²) < 4.78 is 0. The number of halogens is 1. The second-order valence-electron chi connectivity index (χ2n) is 1.85. The number of carboxylic acid groups (broad SMARTS) is 1. The second-order valence-corrected chi connectivity index (χ2v) is 3.11. The van der Waals surface area contributed by atoms with Crippen LogP contribution in [0.1, 0.15) is 15.2 Å². The van der Waals surface area contributed by atoms with E-state index in [1.54, 1.807) is 12.3 Å². The van der Waals surface area contributed by atoms with Gasteiger partial charge in [-0.05, 0) is 17.9 Å². The maximum atomic E-state index is 10.2. The molecule has 10 heavy (non-hydrogen) atoms. The number of hydrogen-bond donors (Lipinski definition) is 0. The first-order chi connectivity index (χ1) is 4.63. The molecule has 0 spiro atoms. The molecule has 1 rings (SSSR count). The Kier molecular flexibility index (Phi) is 1.97. The Bertz CT molecular complexity index is 267. The standard InChI is InChI=1S/C6H5ClO2S/c1-3-2-10-5(4(3)7)6(8)9/h2H,1H3,(H,8,9)/p-1. The van der Waals surface area contributed by atoms with Gasteiger partial charge in [0.15, 0.2) is 0 Å². The monoisotopic (exact) mass is 175 g/mol. The maximum Gasteiger partial charge on any atom is 0.0830 e. The van der Waals surface area contributed by atoms with Crippen LogP contribution in [0.3, 0.4) is 0 Å². The van der Waals surface area contributed by atoms with Crippen LogP contribution in [0, 0.1) is 6.92 Å².